The predicted octanol–water partition coefficient (Wildman–Crippen LogP) is 5.04. The Labute approximate surface area is 183 Å². The average molecular weight is 442 g/mol. The summed E-state index contributed by atoms with van der Waals surface area (Å²) in [5.41, 5.74) is 0.0922. The zero-order chi connectivity index (χ0) is 23.1. The molecule has 0 heterocycles. The summed E-state index contributed by atoms with van der Waals surface area (Å²) in [6.07, 6.45) is -5.65. The minimum Gasteiger partial charge on any atom is -0.481 e. The molecule has 32 heavy (non-hydrogen) atoms. The molecule has 0 saturated heterocycles. The molecular formula is C24H21F3N2O3. The molecule has 1 atom stereocenters. The lowest BCUT2D eigenvalue weighted by molar-refractivity contribution is -0.137. The first kappa shape index (κ1) is 22.9. The number of halogens is 3. The van der Waals surface area contributed by atoms with Crippen molar-refractivity contribution in [2.45, 2.75) is 25.7 Å². The molecule has 8 heteroatoms. The van der Waals surface area contributed by atoms with Crippen LogP contribution in [-0.2, 0) is 17.5 Å². The summed E-state index contributed by atoms with van der Waals surface area (Å²) in [7, 11) is 0. The Bertz CT molecular complexity index is 1070. The maximum absolute atomic E-state index is 13.1. The Hall–Kier alpha value is -3.81. The standard InChI is InChI=1S/C24H21F3N2O3/c1-16(22(30)29-21-10-6-5-9-20(21)24(25,26)27)32-19-13-11-18(12-14-19)23(31)28-15-17-7-3-2-4-8-17/h2-14,16H,15H2,1H3,(H,28,31)(H,29,30). The summed E-state index contributed by atoms with van der Waals surface area (Å²) < 4.78 is 44.8. The molecule has 0 bridgehead atoms. The number of hydrogen-bond donors (Lipinski definition) is 2. The van der Waals surface area contributed by atoms with Crippen LogP contribution in [0.2, 0.25) is 0 Å². The molecule has 2 N–H and O–H groups in total. The van der Waals surface area contributed by atoms with E-state index in [2.05, 4.69) is 10.6 Å². The number of para-hydroxylation sites is 1. The van der Waals surface area contributed by atoms with Gasteiger partial charge in [-0.1, -0.05) is 42.5 Å². The van der Waals surface area contributed by atoms with Crippen molar-refractivity contribution in [1.29, 1.82) is 0 Å². The fourth-order valence-electron chi connectivity index (χ4n) is 2.90. The van der Waals surface area contributed by atoms with Gasteiger partial charge in [-0.15, -0.1) is 0 Å². The van der Waals surface area contributed by atoms with Gasteiger partial charge in [-0.3, -0.25) is 9.59 Å². The summed E-state index contributed by atoms with van der Waals surface area (Å²) >= 11 is 0. The predicted molar refractivity (Wildman–Crippen MR) is 114 cm³/mol. The van der Waals surface area contributed by atoms with Crippen LogP contribution in [-0.4, -0.2) is 17.9 Å². The largest absolute Gasteiger partial charge is 0.481 e. The average Bonchev–Trinajstić information content (AvgIpc) is 2.78. The second-order valence-corrected chi connectivity index (χ2v) is 6.99. The Morgan fingerprint density at radius 1 is 0.906 bits per heavy atom. The third kappa shape index (κ3) is 6.10. The van der Waals surface area contributed by atoms with Gasteiger partial charge in [-0.05, 0) is 48.9 Å². The molecular weight excluding hydrogens is 421 g/mol. The lowest BCUT2D eigenvalue weighted by atomic mass is 10.1. The van der Waals surface area contributed by atoms with Crippen molar-refractivity contribution in [2.24, 2.45) is 0 Å². The summed E-state index contributed by atoms with van der Waals surface area (Å²) in [4.78, 5) is 24.6. The van der Waals surface area contributed by atoms with Crippen molar-refractivity contribution in [1.82, 2.24) is 5.32 Å². The highest BCUT2D eigenvalue weighted by atomic mass is 19.4. The van der Waals surface area contributed by atoms with Crippen LogP contribution in [0.3, 0.4) is 0 Å². The zero-order valence-electron chi connectivity index (χ0n) is 17.1. The summed E-state index contributed by atoms with van der Waals surface area (Å²) in [5.74, 6) is -0.697. The van der Waals surface area contributed by atoms with E-state index in [9.17, 15) is 22.8 Å². The van der Waals surface area contributed by atoms with Gasteiger partial charge in [0.05, 0.1) is 11.3 Å². The molecule has 3 rings (SSSR count). The Kier molecular flexibility index (Phi) is 7.14. The van der Waals surface area contributed by atoms with E-state index >= 15 is 0 Å². The van der Waals surface area contributed by atoms with Crippen LogP contribution < -0.4 is 15.4 Å². The van der Waals surface area contributed by atoms with E-state index in [1.165, 1.54) is 37.3 Å². The smallest absolute Gasteiger partial charge is 0.418 e. The van der Waals surface area contributed by atoms with Gasteiger partial charge in [0.2, 0.25) is 0 Å². The highest BCUT2D eigenvalue weighted by Gasteiger charge is 2.34. The SMILES string of the molecule is CC(Oc1ccc(C(=O)NCc2ccccc2)cc1)C(=O)Nc1ccccc1C(F)(F)F. The van der Waals surface area contributed by atoms with E-state index in [0.717, 1.165) is 11.6 Å². The van der Waals surface area contributed by atoms with Gasteiger partial charge < -0.3 is 15.4 Å². The van der Waals surface area contributed by atoms with Crippen LogP contribution in [0.5, 0.6) is 5.75 Å². The third-order valence-corrected chi connectivity index (χ3v) is 4.58. The van der Waals surface area contributed by atoms with Crippen LogP contribution >= 0.6 is 0 Å². The van der Waals surface area contributed by atoms with Crippen molar-refractivity contribution >= 4 is 17.5 Å². The van der Waals surface area contributed by atoms with Crippen molar-refractivity contribution < 1.29 is 27.5 Å². The Balaban J connectivity index is 1.57. The third-order valence-electron chi connectivity index (χ3n) is 4.58. The lowest BCUT2D eigenvalue weighted by Crippen LogP contribution is -2.31. The van der Waals surface area contributed by atoms with Crippen molar-refractivity contribution in [3.05, 3.63) is 95.6 Å². The van der Waals surface area contributed by atoms with Crippen molar-refractivity contribution in [2.75, 3.05) is 5.32 Å². The molecule has 1 unspecified atom stereocenters. The second-order valence-electron chi connectivity index (χ2n) is 6.99. The molecule has 0 saturated carbocycles. The van der Waals surface area contributed by atoms with E-state index < -0.39 is 23.8 Å². The molecule has 0 aliphatic rings. The van der Waals surface area contributed by atoms with Crippen LogP contribution in [0.25, 0.3) is 0 Å². The molecule has 0 aromatic heterocycles. The summed E-state index contributed by atoms with van der Waals surface area (Å²) in [5, 5.41) is 5.05. The summed E-state index contributed by atoms with van der Waals surface area (Å²) in [6, 6.07) is 20.3. The van der Waals surface area contributed by atoms with Crippen molar-refractivity contribution in [3.8, 4) is 5.75 Å². The molecule has 0 fully saturated rings. The second kappa shape index (κ2) is 10.00. The van der Waals surface area contributed by atoms with E-state index in [1.54, 1.807) is 12.1 Å². The fourth-order valence-corrected chi connectivity index (χ4v) is 2.90. The number of benzene rings is 3. The van der Waals surface area contributed by atoms with Gasteiger partial charge in [0.25, 0.3) is 11.8 Å². The first-order valence-corrected chi connectivity index (χ1v) is 9.80. The number of ether oxygens (including phenoxy) is 1. The topological polar surface area (TPSA) is 67.4 Å². The molecule has 0 aliphatic heterocycles. The monoisotopic (exact) mass is 442 g/mol. The zero-order valence-corrected chi connectivity index (χ0v) is 17.1. The first-order valence-electron chi connectivity index (χ1n) is 9.80. The number of alkyl halides is 3. The normalized spacial score (nSPS) is 12.0. The van der Waals surface area contributed by atoms with E-state index in [1.807, 2.05) is 30.3 Å². The quantitative estimate of drug-likeness (QED) is 0.539. The minimum absolute atomic E-state index is 0.269. The molecule has 2 amide bonds. The molecule has 0 spiro atoms. The fraction of sp³-hybridized carbons (Fsp3) is 0.167. The van der Waals surface area contributed by atoms with Gasteiger partial charge in [-0.25, -0.2) is 0 Å². The Morgan fingerprint density at radius 3 is 2.19 bits per heavy atom. The first-order chi connectivity index (χ1) is 15.2. The molecule has 0 aliphatic carbocycles. The van der Waals surface area contributed by atoms with Crippen LogP contribution in [0.15, 0.2) is 78.9 Å². The van der Waals surface area contributed by atoms with Gasteiger partial charge in [-0.2, -0.15) is 13.2 Å². The molecule has 5 nitrogen and oxygen atoms in total. The van der Waals surface area contributed by atoms with Gasteiger partial charge in [0.15, 0.2) is 6.10 Å². The molecule has 166 valence electrons. The molecule has 0 radical (unpaired) electrons. The number of rotatable bonds is 7. The summed E-state index contributed by atoms with van der Waals surface area (Å²) in [6.45, 7) is 1.81. The number of anilines is 1. The van der Waals surface area contributed by atoms with Gasteiger partial charge in [0, 0.05) is 12.1 Å². The number of carbonyl (C=O) groups is 2. The van der Waals surface area contributed by atoms with Crippen LogP contribution in [0, 0.1) is 0 Å². The highest BCUT2D eigenvalue weighted by molar-refractivity contribution is 5.95. The number of nitrogens with one attached hydrogen (secondary N) is 2. The molecule has 3 aromatic carbocycles. The maximum Gasteiger partial charge on any atom is 0.418 e. The number of amides is 2. The number of hydrogen-bond acceptors (Lipinski definition) is 3. The van der Waals surface area contributed by atoms with E-state index in [4.69, 9.17) is 4.74 Å². The van der Waals surface area contributed by atoms with Gasteiger partial charge in [0.1, 0.15) is 5.75 Å². The lowest BCUT2D eigenvalue weighted by Gasteiger charge is -2.17. The Morgan fingerprint density at radius 2 is 1.53 bits per heavy atom. The van der Waals surface area contributed by atoms with E-state index in [0.29, 0.717) is 17.9 Å². The maximum atomic E-state index is 13.1. The van der Waals surface area contributed by atoms with Crippen LogP contribution in [0.1, 0.15) is 28.4 Å². The van der Waals surface area contributed by atoms with Crippen molar-refractivity contribution in [3.63, 3.8) is 0 Å². The minimum atomic E-state index is -4.59. The number of carbonyl (C=O) groups excluding carboxylic acids is 2. The van der Waals surface area contributed by atoms with E-state index in [-0.39, 0.29) is 11.6 Å². The van der Waals surface area contributed by atoms with Gasteiger partial charge >= 0.3 is 6.18 Å². The molecule has 3 aromatic rings. The highest BCUT2D eigenvalue weighted by Crippen LogP contribution is 2.34. The van der Waals surface area contributed by atoms with Crippen LogP contribution in [0.4, 0.5) is 18.9 Å².